The maximum atomic E-state index is 12.2. The van der Waals surface area contributed by atoms with Crippen LogP contribution in [0.15, 0.2) is 24.3 Å². The number of anilines is 1. The van der Waals surface area contributed by atoms with Crippen molar-refractivity contribution in [3.8, 4) is 0 Å². The predicted molar refractivity (Wildman–Crippen MR) is 92.6 cm³/mol. The Morgan fingerprint density at radius 1 is 1.08 bits per heavy atom. The SMILES string of the molecule is O=C(CNC(=O)C1(C(=O)O)CC1)N1CCN(c2ccc(Cl)cc2)CC1. The molecule has 0 unspecified atom stereocenters. The lowest BCUT2D eigenvalue weighted by Crippen LogP contribution is -2.52. The van der Waals surface area contributed by atoms with Gasteiger partial charge in [0.2, 0.25) is 11.8 Å². The summed E-state index contributed by atoms with van der Waals surface area (Å²) in [4.78, 5) is 39.1. The standard InChI is InChI=1S/C17H20ClN3O4/c18-12-1-3-13(4-2-12)20-7-9-21(10-8-20)14(22)11-19-15(23)17(5-6-17)16(24)25/h1-4H,5-11H2,(H,19,23)(H,24,25). The van der Waals surface area contributed by atoms with Gasteiger partial charge in [0.25, 0.3) is 0 Å². The molecule has 1 saturated carbocycles. The molecule has 2 fully saturated rings. The number of hydrogen-bond acceptors (Lipinski definition) is 4. The third-order valence-electron chi connectivity index (χ3n) is 4.82. The van der Waals surface area contributed by atoms with Gasteiger partial charge >= 0.3 is 5.97 Å². The van der Waals surface area contributed by atoms with Gasteiger partial charge in [-0.05, 0) is 37.1 Å². The van der Waals surface area contributed by atoms with E-state index >= 15 is 0 Å². The molecule has 134 valence electrons. The molecule has 1 heterocycles. The average molecular weight is 366 g/mol. The fourth-order valence-electron chi connectivity index (χ4n) is 2.97. The van der Waals surface area contributed by atoms with E-state index < -0.39 is 17.3 Å². The van der Waals surface area contributed by atoms with Crippen LogP contribution in [0.2, 0.25) is 5.02 Å². The Morgan fingerprint density at radius 2 is 1.68 bits per heavy atom. The van der Waals surface area contributed by atoms with Gasteiger partial charge in [-0.2, -0.15) is 0 Å². The zero-order valence-corrected chi connectivity index (χ0v) is 14.5. The number of carboxylic acids is 1. The van der Waals surface area contributed by atoms with Gasteiger partial charge in [-0.1, -0.05) is 11.6 Å². The highest BCUT2D eigenvalue weighted by Crippen LogP contribution is 2.46. The average Bonchev–Trinajstić information content (AvgIpc) is 3.42. The molecule has 3 rings (SSSR count). The largest absolute Gasteiger partial charge is 0.480 e. The normalized spacial score (nSPS) is 18.6. The van der Waals surface area contributed by atoms with Gasteiger partial charge in [0.1, 0.15) is 5.41 Å². The quantitative estimate of drug-likeness (QED) is 0.759. The topological polar surface area (TPSA) is 89.9 Å². The molecular formula is C17H20ClN3O4. The minimum Gasteiger partial charge on any atom is -0.480 e. The Bertz CT molecular complexity index is 680. The van der Waals surface area contributed by atoms with Crippen LogP contribution in [0, 0.1) is 5.41 Å². The summed E-state index contributed by atoms with van der Waals surface area (Å²) in [5.74, 6) is -1.87. The van der Waals surface area contributed by atoms with Crippen LogP contribution in [0.1, 0.15) is 12.8 Å². The van der Waals surface area contributed by atoms with E-state index in [4.69, 9.17) is 16.7 Å². The lowest BCUT2D eigenvalue weighted by atomic mass is 10.1. The second-order valence-electron chi connectivity index (χ2n) is 6.41. The van der Waals surface area contributed by atoms with Crippen molar-refractivity contribution in [1.29, 1.82) is 0 Å². The minimum absolute atomic E-state index is 0.158. The van der Waals surface area contributed by atoms with Gasteiger partial charge in [0.05, 0.1) is 6.54 Å². The fraction of sp³-hybridized carbons (Fsp3) is 0.471. The number of rotatable bonds is 5. The zero-order valence-electron chi connectivity index (χ0n) is 13.7. The molecule has 2 N–H and O–H groups in total. The van der Waals surface area contributed by atoms with Crippen molar-refractivity contribution >= 4 is 35.1 Å². The lowest BCUT2D eigenvalue weighted by Gasteiger charge is -2.36. The number of amides is 2. The molecule has 0 spiro atoms. The molecule has 0 aromatic heterocycles. The molecule has 1 aromatic rings. The summed E-state index contributed by atoms with van der Waals surface area (Å²) in [6.45, 7) is 2.35. The summed E-state index contributed by atoms with van der Waals surface area (Å²) in [5.41, 5.74) is -0.255. The smallest absolute Gasteiger partial charge is 0.319 e. The minimum atomic E-state index is -1.31. The number of carbonyl (C=O) groups excluding carboxylic acids is 2. The number of carboxylic acid groups (broad SMARTS) is 1. The third kappa shape index (κ3) is 3.71. The van der Waals surface area contributed by atoms with E-state index in [9.17, 15) is 14.4 Å². The van der Waals surface area contributed by atoms with Crippen molar-refractivity contribution in [2.24, 2.45) is 5.41 Å². The van der Waals surface area contributed by atoms with Gasteiger partial charge in [-0.25, -0.2) is 0 Å². The molecule has 25 heavy (non-hydrogen) atoms. The molecule has 2 amide bonds. The van der Waals surface area contributed by atoms with Crippen LogP contribution in [0.5, 0.6) is 0 Å². The number of nitrogens with one attached hydrogen (secondary N) is 1. The van der Waals surface area contributed by atoms with E-state index in [1.54, 1.807) is 4.90 Å². The maximum Gasteiger partial charge on any atom is 0.319 e. The number of hydrogen-bond donors (Lipinski definition) is 2. The van der Waals surface area contributed by atoms with Crippen LogP contribution in [-0.2, 0) is 14.4 Å². The molecule has 1 aliphatic carbocycles. The summed E-state index contributed by atoms with van der Waals surface area (Å²) in [6.07, 6.45) is 0.671. The van der Waals surface area contributed by atoms with Crippen molar-refractivity contribution in [3.05, 3.63) is 29.3 Å². The van der Waals surface area contributed by atoms with Crippen molar-refractivity contribution < 1.29 is 19.5 Å². The molecule has 2 aliphatic rings. The monoisotopic (exact) mass is 365 g/mol. The number of nitrogens with zero attached hydrogens (tertiary/aromatic N) is 2. The highest BCUT2D eigenvalue weighted by molar-refractivity contribution is 6.30. The maximum absolute atomic E-state index is 12.2. The van der Waals surface area contributed by atoms with Crippen LogP contribution in [0.3, 0.4) is 0 Å². The molecule has 0 bridgehead atoms. The Balaban J connectivity index is 1.46. The first-order valence-corrected chi connectivity index (χ1v) is 8.60. The Morgan fingerprint density at radius 3 is 2.20 bits per heavy atom. The van der Waals surface area contributed by atoms with Crippen molar-refractivity contribution in [2.75, 3.05) is 37.6 Å². The summed E-state index contributed by atoms with van der Waals surface area (Å²) in [6, 6.07) is 7.56. The zero-order chi connectivity index (χ0) is 18.0. The van der Waals surface area contributed by atoms with Gasteiger partial charge in [-0.3, -0.25) is 14.4 Å². The van der Waals surface area contributed by atoms with Gasteiger partial charge in [0, 0.05) is 36.9 Å². The first-order chi connectivity index (χ1) is 11.9. The Hall–Kier alpha value is -2.28. The van der Waals surface area contributed by atoms with E-state index in [2.05, 4.69) is 10.2 Å². The molecule has 0 radical (unpaired) electrons. The summed E-state index contributed by atoms with van der Waals surface area (Å²) in [7, 11) is 0. The molecule has 0 atom stereocenters. The van der Waals surface area contributed by atoms with E-state index in [1.807, 2.05) is 24.3 Å². The number of aliphatic carboxylic acids is 1. The second-order valence-corrected chi connectivity index (χ2v) is 6.85. The van der Waals surface area contributed by atoms with Crippen LogP contribution >= 0.6 is 11.6 Å². The van der Waals surface area contributed by atoms with Crippen LogP contribution in [0.4, 0.5) is 5.69 Å². The first kappa shape index (κ1) is 17.5. The highest BCUT2D eigenvalue weighted by Gasteiger charge is 2.57. The predicted octanol–water partition coefficient (Wildman–Crippen LogP) is 0.970. The fourth-order valence-corrected chi connectivity index (χ4v) is 3.09. The summed E-state index contributed by atoms with van der Waals surface area (Å²) in [5, 5.41) is 12.2. The van der Waals surface area contributed by atoms with Gasteiger partial charge < -0.3 is 20.2 Å². The summed E-state index contributed by atoms with van der Waals surface area (Å²) >= 11 is 5.89. The molecular weight excluding hydrogens is 346 g/mol. The van der Waals surface area contributed by atoms with E-state index in [1.165, 1.54) is 0 Å². The summed E-state index contributed by atoms with van der Waals surface area (Å²) < 4.78 is 0. The van der Waals surface area contributed by atoms with Gasteiger partial charge in [-0.15, -0.1) is 0 Å². The van der Waals surface area contributed by atoms with Crippen molar-refractivity contribution in [1.82, 2.24) is 10.2 Å². The molecule has 1 aliphatic heterocycles. The molecule has 8 heteroatoms. The number of benzene rings is 1. The number of carbonyl (C=O) groups is 3. The van der Waals surface area contributed by atoms with Crippen LogP contribution in [0.25, 0.3) is 0 Å². The third-order valence-corrected chi connectivity index (χ3v) is 5.07. The van der Waals surface area contributed by atoms with Crippen molar-refractivity contribution in [3.63, 3.8) is 0 Å². The molecule has 1 aromatic carbocycles. The number of piperazine rings is 1. The lowest BCUT2D eigenvalue weighted by molar-refractivity contribution is -0.149. The van der Waals surface area contributed by atoms with Crippen LogP contribution < -0.4 is 10.2 Å². The highest BCUT2D eigenvalue weighted by atomic mass is 35.5. The number of halogens is 1. The van der Waals surface area contributed by atoms with Crippen molar-refractivity contribution in [2.45, 2.75) is 12.8 Å². The van der Waals surface area contributed by atoms with E-state index in [0.717, 1.165) is 5.69 Å². The second kappa shape index (κ2) is 6.92. The molecule has 1 saturated heterocycles. The Labute approximate surface area is 150 Å². The van der Waals surface area contributed by atoms with E-state index in [0.29, 0.717) is 44.0 Å². The van der Waals surface area contributed by atoms with Gasteiger partial charge in [0.15, 0.2) is 0 Å². The van der Waals surface area contributed by atoms with Crippen LogP contribution in [-0.4, -0.2) is 60.5 Å². The Kier molecular flexibility index (Phi) is 4.85. The van der Waals surface area contributed by atoms with E-state index in [-0.39, 0.29) is 12.5 Å². The molecule has 7 nitrogen and oxygen atoms in total. The first-order valence-electron chi connectivity index (χ1n) is 8.22.